The highest BCUT2D eigenvalue weighted by Gasteiger charge is 2.03. The van der Waals surface area contributed by atoms with Crippen molar-refractivity contribution in [3.05, 3.63) is 58.0 Å². The van der Waals surface area contributed by atoms with Crippen LogP contribution in [0.3, 0.4) is 0 Å². The van der Waals surface area contributed by atoms with Crippen molar-refractivity contribution >= 4 is 33.6 Å². The smallest absolute Gasteiger partial charge is 0.248 e. The quantitative estimate of drug-likeness (QED) is 0.856. The van der Waals surface area contributed by atoms with E-state index in [4.69, 9.17) is 4.42 Å². The second-order valence-corrected chi connectivity index (χ2v) is 5.11. The number of furan rings is 1. The molecule has 0 saturated carbocycles. The maximum atomic E-state index is 11.8. The van der Waals surface area contributed by atoms with Gasteiger partial charge in [0, 0.05) is 10.5 Å². The van der Waals surface area contributed by atoms with Crippen molar-refractivity contribution < 1.29 is 9.21 Å². The maximum absolute atomic E-state index is 11.8. The molecule has 0 aliphatic carbocycles. The fraction of sp³-hybridized carbons (Fsp3) is 0.133. The van der Waals surface area contributed by atoms with Gasteiger partial charge in [0.2, 0.25) is 5.91 Å². The van der Waals surface area contributed by atoms with Crippen molar-refractivity contribution in [3.63, 3.8) is 0 Å². The molecule has 0 aliphatic rings. The normalized spacial score (nSPS) is 10.9. The van der Waals surface area contributed by atoms with Gasteiger partial charge in [-0.15, -0.1) is 0 Å². The molecule has 0 spiro atoms. The van der Waals surface area contributed by atoms with Crippen molar-refractivity contribution in [2.45, 2.75) is 13.8 Å². The van der Waals surface area contributed by atoms with E-state index in [9.17, 15) is 4.79 Å². The van der Waals surface area contributed by atoms with Gasteiger partial charge in [-0.05, 0) is 65.7 Å². The molecule has 19 heavy (non-hydrogen) atoms. The Bertz CT molecular complexity index is 629. The predicted molar refractivity (Wildman–Crippen MR) is 80.0 cm³/mol. The van der Waals surface area contributed by atoms with E-state index >= 15 is 0 Å². The van der Waals surface area contributed by atoms with Crippen LogP contribution in [0.1, 0.15) is 17.1 Å². The fourth-order valence-electron chi connectivity index (χ4n) is 1.60. The second kappa shape index (κ2) is 5.89. The van der Waals surface area contributed by atoms with Gasteiger partial charge in [-0.3, -0.25) is 4.79 Å². The van der Waals surface area contributed by atoms with Gasteiger partial charge in [-0.1, -0.05) is 6.07 Å². The molecule has 0 aliphatic heterocycles. The molecule has 0 bridgehead atoms. The molecule has 1 aromatic carbocycles. The number of halogens is 1. The summed E-state index contributed by atoms with van der Waals surface area (Å²) in [5.74, 6) is 1.29. The number of nitrogens with one attached hydrogen (secondary N) is 1. The number of amides is 1. The van der Waals surface area contributed by atoms with E-state index in [-0.39, 0.29) is 5.91 Å². The Balaban J connectivity index is 2.03. The zero-order valence-corrected chi connectivity index (χ0v) is 12.3. The third-order valence-corrected chi connectivity index (χ3v) is 3.20. The molecule has 0 fully saturated rings. The average Bonchev–Trinajstić information content (AvgIpc) is 2.76. The Hall–Kier alpha value is -1.81. The van der Waals surface area contributed by atoms with Crippen molar-refractivity contribution in [2.24, 2.45) is 0 Å². The molecule has 98 valence electrons. The lowest BCUT2D eigenvalue weighted by atomic mass is 10.2. The van der Waals surface area contributed by atoms with Crippen LogP contribution in [0.25, 0.3) is 6.08 Å². The highest BCUT2D eigenvalue weighted by atomic mass is 79.9. The summed E-state index contributed by atoms with van der Waals surface area (Å²) in [6.07, 6.45) is 3.09. The van der Waals surface area contributed by atoms with Gasteiger partial charge in [-0.25, -0.2) is 0 Å². The molecule has 3 nitrogen and oxygen atoms in total. The van der Waals surface area contributed by atoms with Crippen LogP contribution in [0.15, 0.2) is 45.3 Å². The first-order valence-electron chi connectivity index (χ1n) is 5.86. The second-order valence-electron chi connectivity index (χ2n) is 4.25. The van der Waals surface area contributed by atoms with E-state index in [0.29, 0.717) is 5.76 Å². The van der Waals surface area contributed by atoms with Gasteiger partial charge < -0.3 is 9.73 Å². The number of carbonyl (C=O) groups excluding carboxylic acids is 1. The third kappa shape index (κ3) is 3.83. The number of aryl methyl sites for hydroxylation is 2. The number of hydrogen-bond acceptors (Lipinski definition) is 2. The standard InChI is InChI=1S/C15H14BrNO2/c1-10-3-7-14(13(16)9-10)17-15(18)8-6-12-5-4-11(2)19-12/h3-9H,1-2H3,(H,17,18)/b8-6+. The number of benzene rings is 1. The van der Waals surface area contributed by atoms with Crippen LogP contribution >= 0.6 is 15.9 Å². The Morgan fingerprint density at radius 1 is 1.26 bits per heavy atom. The number of anilines is 1. The topological polar surface area (TPSA) is 42.2 Å². The lowest BCUT2D eigenvalue weighted by molar-refractivity contribution is -0.111. The molecule has 1 aromatic heterocycles. The van der Waals surface area contributed by atoms with Crippen LogP contribution < -0.4 is 5.32 Å². The van der Waals surface area contributed by atoms with Crippen LogP contribution in [-0.2, 0) is 4.79 Å². The first kappa shape index (κ1) is 13.6. The summed E-state index contributed by atoms with van der Waals surface area (Å²) in [4.78, 5) is 11.8. The predicted octanol–water partition coefficient (Wildman–Crippen LogP) is 4.31. The zero-order valence-electron chi connectivity index (χ0n) is 10.7. The van der Waals surface area contributed by atoms with E-state index in [0.717, 1.165) is 21.5 Å². The lowest BCUT2D eigenvalue weighted by Crippen LogP contribution is -2.08. The van der Waals surface area contributed by atoms with Crippen molar-refractivity contribution in [1.82, 2.24) is 0 Å². The lowest BCUT2D eigenvalue weighted by Gasteiger charge is -2.05. The van der Waals surface area contributed by atoms with Crippen LogP contribution in [0.2, 0.25) is 0 Å². The van der Waals surface area contributed by atoms with E-state index in [1.54, 1.807) is 6.08 Å². The number of hydrogen-bond donors (Lipinski definition) is 1. The highest BCUT2D eigenvalue weighted by Crippen LogP contribution is 2.23. The summed E-state index contributed by atoms with van der Waals surface area (Å²) >= 11 is 3.42. The molecule has 0 radical (unpaired) electrons. The summed E-state index contributed by atoms with van der Waals surface area (Å²) in [5, 5.41) is 2.80. The minimum atomic E-state index is -0.196. The largest absolute Gasteiger partial charge is 0.462 e. The molecule has 1 N–H and O–H groups in total. The van der Waals surface area contributed by atoms with E-state index < -0.39 is 0 Å². The summed E-state index contributed by atoms with van der Waals surface area (Å²) in [6, 6.07) is 9.44. The third-order valence-electron chi connectivity index (χ3n) is 2.54. The van der Waals surface area contributed by atoms with Gasteiger partial charge in [0.05, 0.1) is 5.69 Å². The van der Waals surface area contributed by atoms with Gasteiger partial charge in [0.15, 0.2) is 0 Å². The molecule has 1 amide bonds. The molecule has 0 saturated heterocycles. The molecule has 0 atom stereocenters. The van der Waals surface area contributed by atoms with E-state index in [1.165, 1.54) is 6.08 Å². The summed E-state index contributed by atoms with van der Waals surface area (Å²) < 4.78 is 6.21. The van der Waals surface area contributed by atoms with Crippen molar-refractivity contribution in [1.29, 1.82) is 0 Å². The van der Waals surface area contributed by atoms with Crippen LogP contribution in [0.4, 0.5) is 5.69 Å². The van der Waals surface area contributed by atoms with Crippen LogP contribution in [0.5, 0.6) is 0 Å². The minimum Gasteiger partial charge on any atom is -0.462 e. The van der Waals surface area contributed by atoms with Crippen molar-refractivity contribution in [3.8, 4) is 0 Å². The first-order valence-corrected chi connectivity index (χ1v) is 6.65. The Labute approximate surface area is 120 Å². The van der Waals surface area contributed by atoms with E-state index in [1.807, 2.05) is 44.2 Å². The number of carbonyl (C=O) groups is 1. The minimum absolute atomic E-state index is 0.196. The molecule has 2 rings (SSSR count). The van der Waals surface area contributed by atoms with Crippen LogP contribution in [0, 0.1) is 13.8 Å². The van der Waals surface area contributed by atoms with Gasteiger partial charge >= 0.3 is 0 Å². The van der Waals surface area contributed by atoms with E-state index in [2.05, 4.69) is 21.2 Å². The molecule has 1 heterocycles. The molecule has 4 heteroatoms. The Morgan fingerprint density at radius 2 is 2.05 bits per heavy atom. The van der Waals surface area contributed by atoms with Crippen LogP contribution in [-0.4, -0.2) is 5.91 Å². The Kier molecular flexibility index (Phi) is 4.22. The Morgan fingerprint density at radius 3 is 2.68 bits per heavy atom. The van der Waals surface area contributed by atoms with Gasteiger partial charge in [0.25, 0.3) is 0 Å². The molecule has 2 aromatic rings. The maximum Gasteiger partial charge on any atom is 0.248 e. The monoisotopic (exact) mass is 319 g/mol. The van der Waals surface area contributed by atoms with Gasteiger partial charge in [-0.2, -0.15) is 0 Å². The number of rotatable bonds is 3. The highest BCUT2D eigenvalue weighted by molar-refractivity contribution is 9.10. The molecular weight excluding hydrogens is 306 g/mol. The molecular formula is C15H14BrNO2. The fourth-order valence-corrected chi connectivity index (χ4v) is 2.19. The van der Waals surface area contributed by atoms with Gasteiger partial charge in [0.1, 0.15) is 11.5 Å². The summed E-state index contributed by atoms with van der Waals surface area (Å²) in [7, 11) is 0. The zero-order chi connectivity index (χ0) is 13.8. The SMILES string of the molecule is Cc1ccc(NC(=O)/C=C/c2ccc(C)o2)c(Br)c1. The average molecular weight is 320 g/mol. The summed E-state index contributed by atoms with van der Waals surface area (Å²) in [6.45, 7) is 3.86. The van der Waals surface area contributed by atoms with Crippen molar-refractivity contribution in [2.75, 3.05) is 5.32 Å². The summed E-state index contributed by atoms with van der Waals surface area (Å²) in [5.41, 5.74) is 1.88. The molecule has 0 unspecified atom stereocenters. The first-order chi connectivity index (χ1) is 9.04.